The number of hydrogen-bond acceptors (Lipinski definition) is 8. The minimum absolute atomic E-state index is 0.0507. The van der Waals surface area contributed by atoms with Gasteiger partial charge in [0.25, 0.3) is 0 Å². The topological polar surface area (TPSA) is 118 Å². The second-order valence-electron chi connectivity index (χ2n) is 9.81. The van der Waals surface area contributed by atoms with Crippen LogP contribution >= 0.6 is 0 Å². The van der Waals surface area contributed by atoms with Crippen LogP contribution in [0.4, 0.5) is 5.82 Å². The van der Waals surface area contributed by atoms with Gasteiger partial charge in [0.2, 0.25) is 15.9 Å². The van der Waals surface area contributed by atoms with Crippen LogP contribution < -0.4 is 5.32 Å². The Morgan fingerprint density at radius 3 is 2.55 bits per heavy atom. The summed E-state index contributed by atoms with van der Waals surface area (Å²) in [6.07, 6.45) is 4.82. The average molecular weight is 539 g/mol. The number of anilines is 1. The van der Waals surface area contributed by atoms with E-state index < -0.39 is 10.0 Å². The number of benzene rings is 1. The lowest BCUT2D eigenvalue weighted by Crippen LogP contribution is -2.47. The van der Waals surface area contributed by atoms with Gasteiger partial charge in [-0.15, -0.1) is 0 Å². The Morgan fingerprint density at radius 1 is 1.11 bits per heavy atom. The SMILES string of the molecule is CCS(=O)(=O)N1CCC(c2ccc(-c3cc4nccnc4c(NCC4CN(C(C)=O)CCO4)n3)cc2)CC1. The highest BCUT2D eigenvalue weighted by Gasteiger charge is 2.27. The summed E-state index contributed by atoms with van der Waals surface area (Å²) < 4.78 is 31.8. The van der Waals surface area contributed by atoms with Crippen LogP contribution in [0.2, 0.25) is 0 Å². The minimum Gasteiger partial charge on any atom is -0.373 e. The lowest BCUT2D eigenvalue weighted by atomic mass is 9.89. The molecule has 0 aliphatic carbocycles. The van der Waals surface area contributed by atoms with Crippen molar-refractivity contribution in [2.24, 2.45) is 0 Å². The monoisotopic (exact) mass is 538 g/mol. The van der Waals surface area contributed by atoms with Gasteiger partial charge in [-0.05, 0) is 37.3 Å². The van der Waals surface area contributed by atoms with E-state index in [0.29, 0.717) is 56.6 Å². The number of fused-ring (bicyclic) bond motifs is 1. The molecule has 10 nitrogen and oxygen atoms in total. The number of hydrogen-bond donors (Lipinski definition) is 1. The first-order chi connectivity index (χ1) is 18.3. The summed E-state index contributed by atoms with van der Waals surface area (Å²) in [5.74, 6) is 1.17. The Bertz CT molecular complexity index is 1390. The van der Waals surface area contributed by atoms with E-state index in [-0.39, 0.29) is 17.8 Å². The Hall–Kier alpha value is -3.15. The van der Waals surface area contributed by atoms with Crippen molar-refractivity contribution in [1.82, 2.24) is 24.2 Å². The maximum absolute atomic E-state index is 12.2. The molecule has 0 spiro atoms. The lowest BCUT2D eigenvalue weighted by Gasteiger charge is -2.32. The summed E-state index contributed by atoms with van der Waals surface area (Å²) in [4.78, 5) is 27.4. The smallest absolute Gasteiger partial charge is 0.219 e. The number of nitrogens with one attached hydrogen (secondary N) is 1. The summed E-state index contributed by atoms with van der Waals surface area (Å²) >= 11 is 0. The number of amides is 1. The molecule has 2 aromatic heterocycles. The van der Waals surface area contributed by atoms with Gasteiger partial charge in [-0.25, -0.2) is 22.7 Å². The van der Waals surface area contributed by atoms with Crippen LogP contribution in [0.5, 0.6) is 0 Å². The zero-order valence-electron chi connectivity index (χ0n) is 21.8. The number of carbonyl (C=O) groups excluding carboxylic acids is 1. The van der Waals surface area contributed by atoms with Crippen LogP contribution in [0, 0.1) is 0 Å². The summed E-state index contributed by atoms with van der Waals surface area (Å²) in [7, 11) is -3.13. The molecule has 2 aliphatic heterocycles. The molecule has 2 aliphatic rings. The maximum atomic E-state index is 12.2. The molecule has 1 unspecified atom stereocenters. The van der Waals surface area contributed by atoms with Crippen molar-refractivity contribution < 1.29 is 17.9 Å². The van der Waals surface area contributed by atoms with Crippen molar-refractivity contribution >= 4 is 32.8 Å². The molecule has 1 atom stereocenters. The molecule has 2 saturated heterocycles. The number of nitrogens with zero attached hydrogens (tertiary/aromatic N) is 5. The summed E-state index contributed by atoms with van der Waals surface area (Å²) in [5, 5.41) is 3.38. The van der Waals surface area contributed by atoms with Crippen LogP contribution in [0.15, 0.2) is 42.7 Å². The second-order valence-corrected chi connectivity index (χ2v) is 12.1. The normalized spacial score (nSPS) is 19.5. The number of aromatic nitrogens is 3. The molecule has 2 fully saturated rings. The van der Waals surface area contributed by atoms with Gasteiger partial charge in [0, 0.05) is 57.6 Å². The predicted molar refractivity (Wildman–Crippen MR) is 146 cm³/mol. The molecule has 11 heteroatoms. The molecule has 5 rings (SSSR count). The average Bonchev–Trinajstić information content (AvgIpc) is 2.96. The maximum Gasteiger partial charge on any atom is 0.219 e. The number of pyridine rings is 1. The third-order valence-electron chi connectivity index (χ3n) is 7.43. The molecule has 202 valence electrons. The first-order valence-corrected chi connectivity index (χ1v) is 14.8. The van der Waals surface area contributed by atoms with Gasteiger partial charge >= 0.3 is 0 Å². The minimum atomic E-state index is -3.13. The van der Waals surface area contributed by atoms with E-state index >= 15 is 0 Å². The molecule has 0 radical (unpaired) electrons. The highest BCUT2D eigenvalue weighted by molar-refractivity contribution is 7.89. The highest BCUT2D eigenvalue weighted by Crippen LogP contribution is 2.32. The first-order valence-electron chi connectivity index (χ1n) is 13.1. The predicted octanol–water partition coefficient (Wildman–Crippen LogP) is 2.88. The van der Waals surface area contributed by atoms with E-state index in [0.717, 1.165) is 29.6 Å². The fraction of sp³-hybridized carbons (Fsp3) is 0.481. The molecule has 0 bridgehead atoms. The van der Waals surface area contributed by atoms with E-state index in [9.17, 15) is 13.2 Å². The number of sulfonamides is 1. The van der Waals surface area contributed by atoms with E-state index in [1.807, 2.05) is 6.07 Å². The van der Waals surface area contributed by atoms with Crippen molar-refractivity contribution in [1.29, 1.82) is 0 Å². The second kappa shape index (κ2) is 11.3. The van der Waals surface area contributed by atoms with Gasteiger partial charge < -0.3 is 15.0 Å². The molecular weight excluding hydrogens is 504 g/mol. The van der Waals surface area contributed by atoms with Crippen LogP contribution in [-0.4, -0.2) is 89.7 Å². The van der Waals surface area contributed by atoms with Gasteiger partial charge in [-0.2, -0.15) is 0 Å². The van der Waals surface area contributed by atoms with Crippen LogP contribution in [-0.2, 0) is 19.6 Å². The third-order valence-corrected chi connectivity index (χ3v) is 9.31. The highest BCUT2D eigenvalue weighted by atomic mass is 32.2. The quantitative estimate of drug-likeness (QED) is 0.488. The largest absolute Gasteiger partial charge is 0.373 e. The zero-order valence-corrected chi connectivity index (χ0v) is 22.7. The molecule has 1 amide bonds. The van der Waals surface area contributed by atoms with E-state index in [1.54, 1.807) is 35.4 Å². The van der Waals surface area contributed by atoms with E-state index in [1.165, 1.54) is 5.56 Å². The van der Waals surface area contributed by atoms with E-state index in [2.05, 4.69) is 39.6 Å². The summed E-state index contributed by atoms with van der Waals surface area (Å²) in [6, 6.07) is 10.3. The number of ether oxygens (including phenoxy) is 1. The van der Waals surface area contributed by atoms with Crippen molar-refractivity contribution in [2.75, 3.05) is 50.4 Å². The molecular formula is C27H34N6O4S. The van der Waals surface area contributed by atoms with E-state index in [4.69, 9.17) is 9.72 Å². The first kappa shape index (κ1) is 26.5. The fourth-order valence-corrected chi connectivity index (χ4v) is 6.29. The number of rotatable bonds is 7. The van der Waals surface area contributed by atoms with Crippen LogP contribution in [0.3, 0.4) is 0 Å². The van der Waals surface area contributed by atoms with Gasteiger partial charge in [0.05, 0.1) is 29.7 Å². The number of carbonyl (C=O) groups is 1. The standard InChI is InChI=1S/C27H34N6O4S/c1-3-38(35,36)33-12-8-21(9-13-33)20-4-6-22(7-5-20)24-16-25-26(29-11-10-28-25)27(31-24)30-17-23-18-32(19(2)34)14-15-37-23/h4-7,10-11,16,21,23H,3,8-9,12-15,17-18H2,1-2H3,(H,30,31). The van der Waals surface area contributed by atoms with Crippen LogP contribution in [0.25, 0.3) is 22.3 Å². The molecule has 1 aromatic carbocycles. The Labute approximate surface area is 223 Å². The number of piperidine rings is 1. The Morgan fingerprint density at radius 2 is 1.84 bits per heavy atom. The molecule has 38 heavy (non-hydrogen) atoms. The molecule has 4 heterocycles. The van der Waals surface area contributed by atoms with Crippen molar-refractivity contribution in [3.05, 3.63) is 48.3 Å². The number of morpholine rings is 1. The van der Waals surface area contributed by atoms with Gasteiger partial charge in [-0.3, -0.25) is 9.78 Å². The molecule has 1 N–H and O–H groups in total. The zero-order chi connectivity index (χ0) is 26.7. The van der Waals surface area contributed by atoms with Gasteiger partial charge in [-0.1, -0.05) is 24.3 Å². The Kier molecular flexibility index (Phi) is 7.87. The van der Waals surface area contributed by atoms with Gasteiger partial charge in [0.1, 0.15) is 5.52 Å². The molecule has 3 aromatic rings. The Balaban J connectivity index is 1.31. The van der Waals surface area contributed by atoms with Crippen LogP contribution in [0.1, 0.15) is 38.2 Å². The lowest BCUT2D eigenvalue weighted by molar-refractivity contribution is -0.135. The fourth-order valence-electron chi connectivity index (χ4n) is 5.16. The summed E-state index contributed by atoms with van der Waals surface area (Å²) in [6.45, 7) is 6.57. The van der Waals surface area contributed by atoms with Crippen molar-refractivity contribution in [3.63, 3.8) is 0 Å². The van der Waals surface area contributed by atoms with Crippen molar-refractivity contribution in [2.45, 2.75) is 38.7 Å². The van der Waals surface area contributed by atoms with Crippen molar-refractivity contribution in [3.8, 4) is 11.3 Å². The third kappa shape index (κ3) is 5.79. The summed E-state index contributed by atoms with van der Waals surface area (Å²) in [5.41, 5.74) is 4.38. The molecule has 0 saturated carbocycles. The van der Waals surface area contributed by atoms with Gasteiger partial charge in [0.15, 0.2) is 5.82 Å².